The summed E-state index contributed by atoms with van der Waals surface area (Å²) in [5.41, 5.74) is 7.46. The van der Waals surface area contributed by atoms with Crippen molar-refractivity contribution in [3.63, 3.8) is 0 Å². The van der Waals surface area contributed by atoms with Gasteiger partial charge in [0.25, 0.3) is 0 Å². The van der Waals surface area contributed by atoms with Gasteiger partial charge < -0.3 is 20.5 Å². The van der Waals surface area contributed by atoms with E-state index in [1.54, 1.807) is 11.3 Å². The van der Waals surface area contributed by atoms with E-state index in [2.05, 4.69) is 17.4 Å². The number of thiocarbonyl (C=S) groups is 1. The van der Waals surface area contributed by atoms with Gasteiger partial charge in [-0.25, -0.2) is 0 Å². The number of hydrogen-bond acceptors (Lipinski definition) is 4. The molecule has 3 aromatic rings. The van der Waals surface area contributed by atoms with E-state index in [1.807, 2.05) is 48.5 Å². The second kappa shape index (κ2) is 11.0. The van der Waals surface area contributed by atoms with E-state index in [-0.39, 0.29) is 5.11 Å². The molecular weight excluding hydrogens is 424 g/mol. The average Bonchev–Trinajstić information content (AvgIpc) is 3.14. The van der Waals surface area contributed by atoms with Crippen LogP contribution in [-0.2, 0) is 0 Å². The Morgan fingerprint density at radius 2 is 1.66 bits per heavy atom. The van der Waals surface area contributed by atoms with Gasteiger partial charge in [-0.3, -0.25) is 0 Å². The predicted octanol–water partition coefficient (Wildman–Crippen LogP) is 6.35. The second-order valence-electron chi connectivity index (χ2n) is 6.40. The molecule has 0 aliphatic heterocycles. The highest BCUT2D eigenvalue weighted by molar-refractivity contribution is 7.80. The summed E-state index contributed by atoms with van der Waals surface area (Å²) in [6.07, 6.45) is 2.99. The molecule has 3 N–H and O–H groups in total. The molecule has 0 aliphatic carbocycles. The van der Waals surface area contributed by atoms with E-state index in [0.717, 1.165) is 51.2 Å². The van der Waals surface area contributed by atoms with E-state index in [0.29, 0.717) is 13.2 Å². The third-order valence-electron chi connectivity index (χ3n) is 4.14. The third-order valence-corrected chi connectivity index (χ3v) is 5.52. The monoisotopic (exact) mass is 446 g/mol. The highest BCUT2D eigenvalue weighted by atomic mass is 35.5. The number of rotatable bonds is 10. The van der Waals surface area contributed by atoms with Crippen LogP contribution in [0.1, 0.15) is 19.3 Å². The number of anilines is 1. The van der Waals surface area contributed by atoms with Crippen molar-refractivity contribution in [2.24, 2.45) is 5.73 Å². The molecule has 0 spiro atoms. The van der Waals surface area contributed by atoms with Crippen molar-refractivity contribution in [1.29, 1.82) is 0 Å². The molecule has 29 heavy (non-hydrogen) atoms. The molecule has 4 nitrogen and oxygen atoms in total. The summed E-state index contributed by atoms with van der Waals surface area (Å²) in [4.78, 5) is 1.16. The number of nitrogens with two attached hydrogens (primary N) is 1. The topological polar surface area (TPSA) is 56.5 Å². The number of halogens is 1. The summed E-state index contributed by atoms with van der Waals surface area (Å²) in [5.74, 6) is 1.68. The number of nitrogens with one attached hydrogen (secondary N) is 1. The Balaban J connectivity index is 1.31. The van der Waals surface area contributed by atoms with E-state index in [1.165, 1.54) is 0 Å². The van der Waals surface area contributed by atoms with Crippen molar-refractivity contribution in [3.8, 4) is 21.9 Å². The zero-order chi connectivity index (χ0) is 20.5. The molecule has 0 bridgehead atoms. The molecule has 3 rings (SSSR count). The van der Waals surface area contributed by atoms with Crippen molar-refractivity contribution in [1.82, 2.24) is 0 Å². The van der Waals surface area contributed by atoms with Crippen molar-refractivity contribution >= 4 is 46.0 Å². The van der Waals surface area contributed by atoms with Gasteiger partial charge in [-0.1, -0.05) is 17.7 Å². The van der Waals surface area contributed by atoms with Crippen LogP contribution in [0, 0.1) is 0 Å². The number of thiophene rings is 1. The minimum Gasteiger partial charge on any atom is -0.494 e. The van der Waals surface area contributed by atoms with Crippen LogP contribution in [0.4, 0.5) is 5.69 Å². The van der Waals surface area contributed by atoms with Crippen LogP contribution in [0.2, 0.25) is 4.34 Å². The first kappa shape index (κ1) is 21.4. The molecule has 0 unspecified atom stereocenters. The summed E-state index contributed by atoms with van der Waals surface area (Å²) < 4.78 is 12.4. The lowest BCUT2D eigenvalue weighted by Gasteiger charge is -2.09. The molecule has 1 aromatic heterocycles. The highest BCUT2D eigenvalue weighted by Gasteiger charge is 2.02. The Morgan fingerprint density at radius 3 is 2.31 bits per heavy atom. The van der Waals surface area contributed by atoms with Gasteiger partial charge >= 0.3 is 0 Å². The van der Waals surface area contributed by atoms with E-state index < -0.39 is 0 Å². The third kappa shape index (κ3) is 7.24. The fourth-order valence-corrected chi connectivity index (χ4v) is 3.92. The minimum absolute atomic E-state index is 0.243. The van der Waals surface area contributed by atoms with Gasteiger partial charge in [-0.15, -0.1) is 11.3 Å². The number of ether oxygens (including phenoxy) is 2. The van der Waals surface area contributed by atoms with Gasteiger partial charge in [0.1, 0.15) is 11.5 Å². The highest BCUT2D eigenvalue weighted by Crippen LogP contribution is 2.31. The molecule has 0 saturated carbocycles. The maximum atomic E-state index is 5.99. The summed E-state index contributed by atoms with van der Waals surface area (Å²) in [5, 5.41) is 3.14. The molecule has 0 amide bonds. The van der Waals surface area contributed by atoms with Crippen molar-refractivity contribution in [3.05, 3.63) is 65.0 Å². The molecule has 0 atom stereocenters. The Bertz CT molecular complexity index is 929. The normalized spacial score (nSPS) is 10.5. The minimum atomic E-state index is 0.243. The summed E-state index contributed by atoms with van der Waals surface area (Å²) in [6, 6.07) is 19.7. The Hall–Kier alpha value is -2.28. The summed E-state index contributed by atoms with van der Waals surface area (Å²) >= 11 is 12.4. The molecule has 7 heteroatoms. The number of benzene rings is 2. The van der Waals surface area contributed by atoms with Gasteiger partial charge in [0.2, 0.25) is 0 Å². The molecule has 0 aliphatic rings. The first-order chi connectivity index (χ1) is 14.1. The Morgan fingerprint density at radius 1 is 0.931 bits per heavy atom. The quantitative estimate of drug-likeness (QED) is 0.280. The molecule has 0 saturated heterocycles. The molecule has 152 valence electrons. The smallest absolute Gasteiger partial charge is 0.168 e. The van der Waals surface area contributed by atoms with E-state index in [4.69, 9.17) is 39.0 Å². The first-order valence-electron chi connectivity index (χ1n) is 9.38. The van der Waals surface area contributed by atoms with Crippen molar-refractivity contribution in [2.75, 3.05) is 18.5 Å². The molecule has 1 heterocycles. The van der Waals surface area contributed by atoms with Crippen LogP contribution >= 0.6 is 35.2 Å². The van der Waals surface area contributed by atoms with Gasteiger partial charge in [-0.2, -0.15) is 0 Å². The van der Waals surface area contributed by atoms with Crippen LogP contribution < -0.4 is 20.5 Å². The number of hydrogen-bond donors (Lipinski definition) is 2. The van der Waals surface area contributed by atoms with Crippen LogP contribution in [0.3, 0.4) is 0 Å². The molecule has 0 fully saturated rings. The van der Waals surface area contributed by atoms with Gasteiger partial charge in [0.15, 0.2) is 5.11 Å². The van der Waals surface area contributed by atoms with E-state index >= 15 is 0 Å². The molecular formula is C22H23ClN2O2S2. The van der Waals surface area contributed by atoms with Crippen LogP contribution in [0.5, 0.6) is 11.5 Å². The Kier molecular flexibility index (Phi) is 8.16. The van der Waals surface area contributed by atoms with Crippen LogP contribution in [0.15, 0.2) is 60.7 Å². The lowest BCUT2D eigenvalue weighted by atomic mass is 10.2. The van der Waals surface area contributed by atoms with Gasteiger partial charge in [-0.05, 0) is 85.6 Å². The average molecular weight is 447 g/mol. The van der Waals surface area contributed by atoms with Crippen molar-refractivity contribution < 1.29 is 9.47 Å². The maximum Gasteiger partial charge on any atom is 0.168 e. The lowest BCUT2D eigenvalue weighted by Crippen LogP contribution is -2.18. The fourth-order valence-electron chi connectivity index (χ4n) is 2.75. The van der Waals surface area contributed by atoms with Gasteiger partial charge in [0.05, 0.1) is 17.6 Å². The summed E-state index contributed by atoms with van der Waals surface area (Å²) in [6.45, 7) is 1.35. The zero-order valence-electron chi connectivity index (χ0n) is 15.9. The second-order valence-corrected chi connectivity index (χ2v) is 8.56. The fraction of sp³-hybridized carbons (Fsp3) is 0.227. The maximum absolute atomic E-state index is 5.99. The predicted molar refractivity (Wildman–Crippen MR) is 126 cm³/mol. The summed E-state index contributed by atoms with van der Waals surface area (Å²) in [7, 11) is 0. The van der Waals surface area contributed by atoms with E-state index in [9.17, 15) is 0 Å². The largest absolute Gasteiger partial charge is 0.494 e. The Labute approximate surface area is 185 Å². The van der Waals surface area contributed by atoms with Crippen LogP contribution in [0.25, 0.3) is 10.4 Å². The first-order valence-corrected chi connectivity index (χ1v) is 11.0. The van der Waals surface area contributed by atoms with Crippen molar-refractivity contribution in [2.45, 2.75) is 19.3 Å². The van der Waals surface area contributed by atoms with Gasteiger partial charge in [0, 0.05) is 16.6 Å². The molecule has 2 aromatic carbocycles. The lowest BCUT2D eigenvalue weighted by molar-refractivity contribution is 0.279. The van der Waals surface area contributed by atoms with Crippen LogP contribution in [-0.4, -0.2) is 18.3 Å². The molecule has 0 radical (unpaired) electrons. The number of unbranched alkanes of at least 4 members (excludes halogenated alkanes) is 2. The zero-order valence-corrected chi connectivity index (χ0v) is 18.3. The standard InChI is InChI=1S/C22H23ClN2O2S2/c23-21-12-11-20(29-21)16-7-9-18(10-8-16)26-13-2-1-3-14-27-19-6-4-5-17(15-19)25-22(24)28/h4-12,15H,1-3,13-14H2,(H3,24,25,28). The SMILES string of the molecule is NC(=S)Nc1cccc(OCCCCCOc2ccc(-c3ccc(Cl)s3)cc2)c1.